The summed E-state index contributed by atoms with van der Waals surface area (Å²) in [6.07, 6.45) is 0. The van der Waals surface area contributed by atoms with Crippen LogP contribution >= 0.6 is 11.5 Å². The zero-order chi connectivity index (χ0) is 8.48. The fourth-order valence-corrected chi connectivity index (χ4v) is 1.02. The van der Waals surface area contributed by atoms with E-state index in [2.05, 4.69) is 4.37 Å². The van der Waals surface area contributed by atoms with E-state index < -0.39 is 17.6 Å². The lowest BCUT2D eigenvalue weighted by atomic mass is 10.2. The van der Waals surface area contributed by atoms with Crippen molar-refractivity contribution in [3.8, 4) is 0 Å². The topological polar surface area (TPSA) is 50.2 Å². The number of carbonyl (C=O) groups is 1. The molecule has 0 bridgehead atoms. The van der Waals surface area contributed by atoms with Crippen molar-refractivity contribution in [1.29, 1.82) is 0 Å². The van der Waals surface area contributed by atoms with Gasteiger partial charge in [-0.1, -0.05) is 0 Å². The summed E-state index contributed by atoms with van der Waals surface area (Å²) in [6.45, 7) is 0. The third-order valence-electron chi connectivity index (χ3n) is 1.03. The van der Waals surface area contributed by atoms with Crippen molar-refractivity contribution in [2.24, 2.45) is 0 Å². The van der Waals surface area contributed by atoms with E-state index in [1.54, 1.807) is 0 Å². The van der Waals surface area contributed by atoms with Crippen LogP contribution in [0.3, 0.4) is 0 Å². The van der Waals surface area contributed by atoms with Gasteiger partial charge in [-0.2, -0.15) is 13.2 Å². The van der Waals surface area contributed by atoms with E-state index in [9.17, 15) is 13.6 Å². The zero-order valence-electron chi connectivity index (χ0n) is 5.12. The molecule has 11 heavy (non-hydrogen) atoms. The van der Waals surface area contributed by atoms with Crippen molar-refractivity contribution in [1.82, 2.24) is 4.37 Å². The van der Waals surface area contributed by atoms with E-state index in [0.29, 0.717) is 0 Å². The third-order valence-corrected chi connectivity index (χ3v) is 1.59. The summed E-state index contributed by atoms with van der Waals surface area (Å²) in [5.41, 5.74) is -0.713. The van der Waals surface area contributed by atoms with Gasteiger partial charge in [-0.3, -0.25) is 0 Å². The molecule has 0 unspecified atom stereocenters. The van der Waals surface area contributed by atoms with E-state index in [-0.39, 0.29) is 0 Å². The maximum atomic E-state index is 12.5. The van der Waals surface area contributed by atoms with Gasteiger partial charge in [-0.25, -0.2) is 4.79 Å². The fourth-order valence-electron chi connectivity index (χ4n) is 0.484. The van der Waals surface area contributed by atoms with Crippen molar-refractivity contribution in [2.75, 3.05) is 0 Å². The van der Waals surface area contributed by atoms with Crippen LogP contribution in [-0.4, -0.2) is 15.4 Å². The molecule has 1 heterocycles. The molecule has 0 aromatic carbocycles. The van der Waals surface area contributed by atoms with Gasteiger partial charge in [-0.05, 0) is 17.6 Å². The second-order valence-electron chi connectivity index (χ2n) is 1.76. The molecule has 0 fully saturated rings. The summed E-state index contributed by atoms with van der Waals surface area (Å²) < 4.78 is 28.1. The Morgan fingerprint density at radius 2 is 2.36 bits per heavy atom. The van der Waals surface area contributed by atoms with Crippen molar-refractivity contribution in [3.05, 3.63) is 17.1 Å². The summed E-state index contributed by atoms with van der Waals surface area (Å²) in [4.78, 5) is 9.93. The molecular formula is C5H3F2NO2S. The zero-order valence-corrected chi connectivity index (χ0v) is 5.94. The number of nitrogens with zero attached hydrogens (tertiary/aromatic N) is 1. The number of aromatic nitrogens is 1. The predicted octanol–water partition coefficient (Wildman–Crippen LogP) is 1.32. The fraction of sp³-hybridized carbons (Fsp3) is 0.200. The Kier molecular flexibility index (Phi) is 1.86. The number of rotatable bonds is 2. The largest absolute Gasteiger partial charge is 0.476 e. The first-order valence-electron chi connectivity index (χ1n) is 2.57. The number of carboxylic acids is 1. The second kappa shape index (κ2) is 2.54. The molecule has 1 N–H and O–H groups in total. The Hall–Kier alpha value is -1.04. The minimum atomic E-state index is -3.86. The number of alkyl halides is 2. The Labute approximate surface area is 64.4 Å². The summed E-state index contributed by atoms with van der Waals surface area (Å²) in [7, 11) is 0. The molecule has 6 heteroatoms. The van der Waals surface area contributed by atoms with Crippen LogP contribution in [0, 0.1) is 0 Å². The van der Waals surface area contributed by atoms with Crippen LogP contribution in [-0.2, 0) is 10.7 Å². The van der Waals surface area contributed by atoms with Crippen LogP contribution in [0.25, 0.3) is 0 Å². The molecule has 3 nitrogen and oxygen atoms in total. The summed E-state index contributed by atoms with van der Waals surface area (Å²) in [6, 6.07) is 0.985. The third kappa shape index (κ3) is 1.35. The Morgan fingerprint density at radius 1 is 1.73 bits per heavy atom. The summed E-state index contributed by atoms with van der Waals surface area (Å²) in [5, 5.41) is 9.33. The lowest BCUT2D eigenvalue weighted by Gasteiger charge is -2.05. The molecular weight excluding hydrogens is 176 g/mol. The molecule has 0 radical (unpaired) electrons. The van der Waals surface area contributed by atoms with E-state index in [0.717, 1.165) is 17.6 Å². The molecule has 0 saturated carbocycles. The van der Waals surface area contributed by atoms with Gasteiger partial charge in [0, 0.05) is 5.38 Å². The summed E-state index contributed by atoms with van der Waals surface area (Å²) in [5.74, 6) is -6.04. The van der Waals surface area contributed by atoms with Crippen molar-refractivity contribution in [2.45, 2.75) is 5.92 Å². The van der Waals surface area contributed by atoms with E-state index in [1.807, 2.05) is 0 Å². The highest BCUT2D eigenvalue weighted by atomic mass is 32.1. The van der Waals surface area contributed by atoms with Gasteiger partial charge in [0.15, 0.2) is 0 Å². The van der Waals surface area contributed by atoms with Crippen LogP contribution in [0.1, 0.15) is 5.69 Å². The van der Waals surface area contributed by atoms with Gasteiger partial charge in [0.25, 0.3) is 0 Å². The smallest absolute Gasteiger partial charge is 0.385 e. The number of hydrogen-bond donors (Lipinski definition) is 1. The number of halogens is 2. The Bertz CT molecular complexity index is 259. The first-order valence-corrected chi connectivity index (χ1v) is 3.41. The van der Waals surface area contributed by atoms with Crippen LogP contribution in [0.2, 0.25) is 0 Å². The van der Waals surface area contributed by atoms with Crippen LogP contribution in [0.15, 0.2) is 11.4 Å². The molecule has 0 aliphatic rings. The quantitative estimate of drug-likeness (QED) is 0.744. The van der Waals surface area contributed by atoms with Crippen molar-refractivity contribution in [3.63, 3.8) is 0 Å². The second-order valence-corrected chi connectivity index (χ2v) is 2.43. The maximum Gasteiger partial charge on any atom is 0.385 e. The highest BCUT2D eigenvalue weighted by Crippen LogP contribution is 2.26. The predicted molar refractivity (Wildman–Crippen MR) is 33.6 cm³/mol. The average molecular weight is 179 g/mol. The molecule has 0 aliphatic carbocycles. The minimum Gasteiger partial charge on any atom is -0.476 e. The van der Waals surface area contributed by atoms with Crippen molar-refractivity contribution >= 4 is 17.5 Å². The lowest BCUT2D eigenvalue weighted by Crippen LogP contribution is -2.25. The molecule has 1 rings (SSSR count). The molecule has 0 aliphatic heterocycles. The van der Waals surface area contributed by atoms with E-state index >= 15 is 0 Å². The van der Waals surface area contributed by atoms with Crippen LogP contribution in [0.5, 0.6) is 0 Å². The van der Waals surface area contributed by atoms with Gasteiger partial charge < -0.3 is 5.11 Å². The first kappa shape index (κ1) is 8.06. The molecule has 0 amide bonds. The lowest BCUT2D eigenvalue weighted by molar-refractivity contribution is -0.166. The van der Waals surface area contributed by atoms with E-state index in [4.69, 9.17) is 5.11 Å². The van der Waals surface area contributed by atoms with Gasteiger partial charge in [0.05, 0.1) is 0 Å². The molecule has 1 aromatic rings. The van der Waals surface area contributed by atoms with Gasteiger partial charge in [0.2, 0.25) is 0 Å². The first-order chi connectivity index (χ1) is 5.05. The SMILES string of the molecule is O=C(O)C(F)(F)c1ccsn1. The minimum absolute atomic E-state index is 0.713. The van der Waals surface area contributed by atoms with Crippen molar-refractivity contribution < 1.29 is 18.7 Å². The summed E-state index contributed by atoms with van der Waals surface area (Å²) >= 11 is 0.791. The highest BCUT2D eigenvalue weighted by Gasteiger charge is 2.42. The van der Waals surface area contributed by atoms with Gasteiger partial charge in [0.1, 0.15) is 5.69 Å². The Morgan fingerprint density at radius 3 is 2.73 bits per heavy atom. The number of aliphatic carboxylic acids is 1. The number of hydrogen-bond acceptors (Lipinski definition) is 3. The Balaban J connectivity index is 3.00. The van der Waals surface area contributed by atoms with E-state index in [1.165, 1.54) is 5.38 Å². The molecule has 0 saturated heterocycles. The normalized spacial score (nSPS) is 11.5. The molecule has 0 atom stereocenters. The standard InChI is InChI=1S/C5H3F2NO2S/c6-5(7,4(9)10)3-1-2-11-8-3/h1-2H,(H,9,10). The highest BCUT2D eigenvalue weighted by molar-refractivity contribution is 7.03. The molecule has 60 valence electrons. The van der Waals surface area contributed by atoms with Crippen LogP contribution in [0.4, 0.5) is 8.78 Å². The molecule has 1 aromatic heterocycles. The average Bonchev–Trinajstić information content (AvgIpc) is 2.37. The maximum absolute atomic E-state index is 12.5. The van der Waals surface area contributed by atoms with Gasteiger partial charge >= 0.3 is 11.9 Å². The monoisotopic (exact) mass is 179 g/mol. The van der Waals surface area contributed by atoms with Crippen LogP contribution < -0.4 is 0 Å². The van der Waals surface area contributed by atoms with Gasteiger partial charge in [-0.15, -0.1) is 0 Å². The molecule has 0 spiro atoms. The number of carboxylic acid groups (broad SMARTS) is 1.